The number of aliphatic imine (C=N–C) groups is 1. The summed E-state index contributed by atoms with van der Waals surface area (Å²) in [6.07, 6.45) is 0. The van der Waals surface area contributed by atoms with Crippen molar-refractivity contribution in [2.45, 2.75) is 0 Å². The smallest absolute Gasteiger partial charge is 0.0999 e. The van der Waals surface area contributed by atoms with Gasteiger partial charge in [-0.2, -0.15) is 0 Å². The van der Waals surface area contributed by atoms with Crippen LogP contribution in [0.15, 0.2) is 53.5 Å². The zero-order valence-corrected chi connectivity index (χ0v) is 12.4. The van der Waals surface area contributed by atoms with E-state index in [1.807, 2.05) is 18.2 Å². The molecule has 0 bridgehead atoms. The maximum Gasteiger partial charge on any atom is 0.0999 e. The summed E-state index contributed by atoms with van der Waals surface area (Å²) in [5.74, 6) is 0. The topological polar surface area (TPSA) is 15.6 Å². The Kier molecular flexibility index (Phi) is 3.95. The van der Waals surface area contributed by atoms with Gasteiger partial charge in [0.05, 0.1) is 6.67 Å². The molecule has 2 aromatic rings. The van der Waals surface area contributed by atoms with E-state index in [0.29, 0.717) is 6.67 Å². The maximum atomic E-state index is 4.63. The van der Waals surface area contributed by atoms with Gasteiger partial charge in [0.25, 0.3) is 0 Å². The van der Waals surface area contributed by atoms with Gasteiger partial charge in [-0.1, -0.05) is 18.2 Å². The summed E-state index contributed by atoms with van der Waals surface area (Å²) in [5, 5.41) is 0. The minimum Gasteiger partial charge on any atom is -0.356 e. The van der Waals surface area contributed by atoms with Gasteiger partial charge in [0, 0.05) is 32.8 Å². The second-order valence-corrected chi connectivity index (χ2v) is 4.14. The zero-order chi connectivity index (χ0) is 11.7. The predicted octanol–water partition coefficient (Wildman–Crippen LogP) is 2.73. The van der Waals surface area contributed by atoms with Gasteiger partial charge in [-0.25, -0.2) is 0 Å². The van der Waals surface area contributed by atoms with Crippen molar-refractivity contribution in [3.8, 4) is 0 Å². The van der Waals surface area contributed by atoms with Gasteiger partial charge in [0.2, 0.25) is 0 Å². The number of benzene rings is 2. The first kappa shape index (κ1) is 13.0. The number of hydrogen-bond acceptors (Lipinski definition) is 2. The van der Waals surface area contributed by atoms with E-state index in [0.717, 1.165) is 11.3 Å². The largest absolute Gasteiger partial charge is 0.356 e. The molecule has 0 aromatic heterocycles. The van der Waals surface area contributed by atoms with Crippen LogP contribution in [0.4, 0.5) is 5.69 Å². The average Bonchev–Trinajstić information content (AvgIpc) is 2.41. The van der Waals surface area contributed by atoms with Gasteiger partial charge in [-0.05, 0) is 17.3 Å². The molecule has 0 amide bonds. The van der Waals surface area contributed by atoms with Crippen molar-refractivity contribution in [2.24, 2.45) is 4.99 Å². The number of anilines is 1. The van der Waals surface area contributed by atoms with E-state index < -0.39 is 0 Å². The normalized spacial score (nSPS) is 13.4. The minimum absolute atomic E-state index is 0. The number of rotatable bonds is 1. The van der Waals surface area contributed by atoms with E-state index in [1.54, 1.807) is 0 Å². The van der Waals surface area contributed by atoms with Crippen LogP contribution in [0, 0.1) is 6.07 Å². The van der Waals surface area contributed by atoms with Gasteiger partial charge in [-0.15, -0.1) is 35.9 Å². The van der Waals surface area contributed by atoms with Gasteiger partial charge in [-0.3, -0.25) is 0 Å². The second-order valence-electron chi connectivity index (χ2n) is 4.14. The molecule has 1 heterocycles. The SMILES string of the molecule is CN1CN=C(c2[c-]cccc2)c2ccccc21.[Ir]. The molecule has 0 N–H and O–H groups in total. The molecule has 18 heavy (non-hydrogen) atoms. The third-order valence-corrected chi connectivity index (χ3v) is 2.98. The summed E-state index contributed by atoms with van der Waals surface area (Å²) < 4.78 is 0. The number of fused-ring (bicyclic) bond motifs is 1. The maximum absolute atomic E-state index is 4.63. The van der Waals surface area contributed by atoms with Crippen LogP contribution >= 0.6 is 0 Å². The first-order valence-electron chi connectivity index (χ1n) is 5.68. The Morgan fingerprint density at radius 2 is 1.89 bits per heavy atom. The number of para-hydroxylation sites is 1. The summed E-state index contributed by atoms with van der Waals surface area (Å²) >= 11 is 0. The second kappa shape index (κ2) is 5.47. The fourth-order valence-corrected chi connectivity index (χ4v) is 2.12. The summed E-state index contributed by atoms with van der Waals surface area (Å²) in [5.41, 5.74) is 4.52. The van der Waals surface area contributed by atoms with Crippen molar-refractivity contribution in [3.05, 3.63) is 65.7 Å². The molecule has 0 saturated heterocycles. The van der Waals surface area contributed by atoms with Crippen LogP contribution in [0.5, 0.6) is 0 Å². The fourth-order valence-electron chi connectivity index (χ4n) is 2.12. The van der Waals surface area contributed by atoms with E-state index >= 15 is 0 Å². The van der Waals surface area contributed by atoms with Gasteiger partial charge in [0.15, 0.2) is 0 Å². The molecule has 1 radical (unpaired) electrons. The molecule has 0 atom stereocenters. The average molecular weight is 414 g/mol. The van der Waals surface area contributed by atoms with Crippen molar-refractivity contribution < 1.29 is 20.1 Å². The monoisotopic (exact) mass is 414 g/mol. The van der Waals surface area contributed by atoms with E-state index in [2.05, 4.69) is 53.3 Å². The Labute approximate surface area is 121 Å². The molecule has 2 nitrogen and oxygen atoms in total. The van der Waals surface area contributed by atoms with Gasteiger partial charge in [0.1, 0.15) is 0 Å². The first-order chi connectivity index (χ1) is 8.36. The molecule has 0 spiro atoms. The Bertz CT molecular complexity index is 564. The van der Waals surface area contributed by atoms with Crippen molar-refractivity contribution >= 4 is 11.4 Å². The molecule has 0 aliphatic carbocycles. The summed E-state index contributed by atoms with van der Waals surface area (Å²) in [7, 11) is 2.06. The molecule has 2 aromatic carbocycles. The van der Waals surface area contributed by atoms with E-state index in [1.165, 1.54) is 11.3 Å². The van der Waals surface area contributed by atoms with E-state index in [9.17, 15) is 0 Å². The molecule has 3 heteroatoms. The Morgan fingerprint density at radius 1 is 1.11 bits per heavy atom. The van der Waals surface area contributed by atoms with Crippen LogP contribution < -0.4 is 4.90 Å². The van der Waals surface area contributed by atoms with Crippen LogP contribution in [0.25, 0.3) is 0 Å². The molecular formula is C15H13IrN2-. The van der Waals surface area contributed by atoms with Crippen molar-refractivity contribution in [3.63, 3.8) is 0 Å². The summed E-state index contributed by atoms with van der Waals surface area (Å²) in [4.78, 5) is 6.79. The quantitative estimate of drug-likeness (QED) is 0.657. The summed E-state index contributed by atoms with van der Waals surface area (Å²) in [6, 6.07) is 19.6. The third-order valence-electron chi connectivity index (χ3n) is 2.98. The van der Waals surface area contributed by atoms with Crippen LogP contribution in [-0.4, -0.2) is 19.4 Å². The van der Waals surface area contributed by atoms with Crippen LogP contribution in [-0.2, 0) is 20.1 Å². The third kappa shape index (κ3) is 2.24. The van der Waals surface area contributed by atoms with Gasteiger partial charge >= 0.3 is 0 Å². The predicted molar refractivity (Wildman–Crippen MR) is 70.6 cm³/mol. The van der Waals surface area contributed by atoms with E-state index in [-0.39, 0.29) is 20.1 Å². The molecule has 0 fully saturated rings. The molecule has 1 aliphatic rings. The molecule has 93 valence electrons. The van der Waals surface area contributed by atoms with Crippen LogP contribution in [0.1, 0.15) is 11.1 Å². The minimum atomic E-state index is 0. The van der Waals surface area contributed by atoms with Crippen molar-refractivity contribution in [2.75, 3.05) is 18.6 Å². The Balaban J connectivity index is 0.00000120. The van der Waals surface area contributed by atoms with Crippen molar-refractivity contribution in [1.82, 2.24) is 0 Å². The standard InChI is InChI=1S/C15H13N2.Ir/c1-17-11-16-15(12-7-3-2-4-8-12)13-9-5-6-10-14(13)17;/h2-7,9-10H,11H2,1H3;/q-1;. The Hall–Kier alpha value is -1.44. The summed E-state index contributed by atoms with van der Waals surface area (Å²) in [6.45, 7) is 0.703. The molecule has 0 unspecified atom stereocenters. The first-order valence-corrected chi connectivity index (χ1v) is 5.68. The molecule has 1 aliphatic heterocycles. The number of nitrogens with zero attached hydrogens (tertiary/aromatic N) is 2. The van der Waals surface area contributed by atoms with Crippen molar-refractivity contribution in [1.29, 1.82) is 0 Å². The van der Waals surface area contributed by atoms with Crippen LogP contribution in [0.3, 0.4) is 0 Å². The van der Waals surface area contributed by atoms with Gasteiger partial charge < -0.3 is 9.89 Å². The Morgan fingerprint density at radius 3 is 2.67 bits per heavy atom. The fraction of sp³-hybridized carbons (Fsp3) is 0.133. The van der Waals surface area contributed by atoms with Crippen LogP contribution in [0.2, 0.25) is 0 Å². The molecule has 0 saturated carbocycles. The zero-order valence-electron chi connectivity index (χ0n) is 10.1. The number of hydrogen-bond donors (Lipinski definition) is 0. The van der Waals surface area contributed by atoms with E-state index in [4.69, 9.17) is 0 Å². The molecular weight excluding hydrogens is 400 g/mol. The molecule has 3 rings (SSSR count).